The average molecular weight is 543 g/mol. The van der Waals surface area contributed by atoms with Gasteiger partial charge in [-0.15, -0.1) is 4.91 Å². The predicted octanol–water partition coefficient (Wildman–Crippen LogP) is 6.56. The molecule has 40 heavy (non-hydrogen) atoms. The van der Waals surface area contributed by atoms with Gasteiger partial charge in [0, 0.05) is 43.9 Å². The van der Waals surface area contributed by atoms with E-state index in [4.69, 9.17) is 9.47 Å². The van der Waals surface area contributed by atoms with Gasteiger partial charge in [0.05, 0.1) is 7.11 Å². The maximum absolute atomic E-state index is 12.9. The van der Waals surface area contributed by atoms with E-state index in [1.165, 1.54) is 12.7 Å². The van der Waals surface area contributed by atoms with E-state index in [0.29, 0.717) is 23.8 Å². The Morgan fingerprint density at radius 3 is 2.27 bits per heavy atom. The zero-order valence-corrected chi connectivity index (χ0v) is 23.1. The molecule has 5 rings (SSSR count). The number of ether oxygens (including phenoxy) is 2. The van der Waals surface area contributed by atoms with Crippen LogP contribution in [0.3, 0.4) is 0 Å². The fourth-order valence-corrected chi connectivity index (χ4v) is 5.69. The van der Waals surface area contributed by atoms with Gasteiger partial charge in [-0.2, -0.15) is 0 Å². The molecule has 0 aromatic heterocycles. The molecule has 0 aliphatic carbocycles. The van der Waals surface area contributed by atoms with E-state index in [1.807, 2.05) is 41.3 Å². The lowest BCUT2D eigenvalue weighted by Crippen LogP contribution is -2.43. The lowest BCUT2D eigenvalue weighted by molar-refractivity contribution is -0.132. The van der Waals surface area contributed by atoms with Crippen LogP contribution >= 0.6 is 0 Å². The lowest BCUT2D eigenvalue weighted by Gasteiger charge is -2.35. The second-order valence-corrected chi connectivity index (χ2v) is 10.6. The summed E-state index contributed by atoms with van der Waals surface area (Å²) in [6.07, 6.45) is 4.58. The number of likely N-dealkylation sites (tertiary alicyclic amines) is 2. The maximum Gasteiger partial charge on any atom is 0.223 e. The molecule has 1 N–H and O–H groups in total. The van der Waals surface area contributed by atoms with Crippen LogP contribution in [-0.4, -0.2) is 61.6 Å². The largest absolute Gasteiger partial charge is 0.494 e. The summed E-state index contributed by atoms with van der Waals surface area (Å²) < 4.78 is 11.2. The van der Waals surface area contributed by atoms with E-state index in [1.54, 1.807) is 12.1 Å². The van der Waals surface area contributed by atoms with Crippen LogP contribution < -0.4 is 14.8 Å². The Morgan fingerprint density at radius 2 is 1.60 bits per heavy atom. The average Bonchev–Trinajstić information content (AvgIpc) is 3.01. The van der Waals surface area contributed by atoms with Gasteiger partial charge in [-0.1, -0.05) is 30.3 Å². The van der Waals surface area contributed by atoms with Gasteiger partial charge in [0.15, 0.2) is 0 Å². The monoisotopic (exact) mass is 542 g/mol. The highest BCUT2D eigenvalue weighted by atomic mass is 16.5. The highest BCUT2D eigenvalue weighted by Crippen LogP contribution is 2.32. The van der Waals surface area contributed by atoms with Gasteiger partial charge in [-0.05, 0) is 91.8 Å². The number of nitroso groups, excluding NO2 is 1. The van der Waals surface area contributed by atoms with Crippen LogP contribution in [0.5, 0.6) is 17.2 Å². The molecule has 3 aromatic carbocycles. The van der Waals surface area contributed by atoms with Crippen LogP contribution in [0, 0.1) is 4.91 Å². The third-order valence-corrected chi connectivity index (χ3v) is 8.06. The van der Waals surface area contributed by atoms with Crippen LogP contribution in [0.1, 0.15) is 43.6 Å². The molecule has 2 heterocycles. The molecule has 2 saturated heterocycles. The van der Waals surface area contributed by atoms with Crippen molar-refractivity contribution in [2.24, 2.45) is 5.18 Å². The number of amides is 1. The number of rotatable bonds is 10. The molecular formula is C32H38N4O4. The number of anilines is 1. The first-order valence-electron chi connectivity index (χ1n) is 14.2. The second kappa shape index (κ2) is 13.4. The number of carbonyl (C=O) groups excluding carboxylic acids is 1. The third-order valence-electron chi connectivity index (χ3n) is 8.06. The quantitative estimate of drug-likeness (QED) is 0.292. The number of para-hydroxylation sites is 1. The number of piperidine rings is 2. The van der Waals surface area contributed by atoms with E-state index in [2.05, 4.69) is 39.7 Å². The van der Waals surface area contributed by atoms with Crippen molar-refractivity contribution < 1.29 is 14.3 Å². The molecule has 210 valence electrons. The fraction of sp³-hybridized carbons (Fsp3) is 0.406. The van der Waals surface area contributed by atoms with Crippen molar-refractivity contribution in [3.05, 3.63) is 83.3 Å². The molecular weight excluding hydrogens is 504 g/mol. The normalized spacial score (nSPS) is 16.9. The van der Waals surface area contributed by atoms with Crippen molar-refractivity contribution in [1.29, 1.82) is 0 Å². The van der Waals surface area contributed by atoms with E-state index in [9.17, 15) is 9.70 Å². The highest BCUT2D eigenvalue weighted by molar-refractivity contribution is 5.76. The molecule has 8 heteroatoms. The molecule has 0 radical (unpaired) electrons. The predicted molar refractivity (Wildman–Crippen MR) is 158 cm³/mol. The smallest absolute Gasteiger partial charge is 0.223 e. The minimum Gasteiger partial charge on any atom is -0.494 e. The third kappa shape index (κ3) is 7.18. The van der Waals surface area contributed by atoms with Crippen LogP contribution in [0.25, 0.3) is 0 Å². The van der Waals surface area contributed by atoms with Gasteiger partial charge in [-0.25, -0.2) is 0 Å². The summed E-state index contributed by atoms with van der Waals surface area (Å²) in [5.41, 5.74) is 2.55. The Morgan fingerprint density at radius 1 is 0.900 bits per heavy atom. The van der Waals surface area contributed by atoms with Gasteiger partial charge < -0.3 is 24.6 Å². The molecule has 2 fully saturated rings. The molecule has 0 bridgehead atoms. The molecule has 2 aliphatic rings. The van der Waals surface area contributed by atoms with Gasteiger partial charge in [0.1, 0.15) is 22.9 Å². The maximum atomic E-state index is 12.9. The van der Waals surface area contributed by atoms with Crippen LogP contribution in [0.2, 0.25) is 0 Å². The van der Waals surface area contributed by atoms with Crippen LogP contribution in [0.15, 0.2) is 78.0 Å². The number of nitrogens with one attached hydrogen (secondary N) is 1. The molecule has 8 nitrogen and oxygen atoms in total. The number of nitrogens with zero attached hydrogens (tertiary/aromatic N) is 3. The van der Waals surface area contributed by atoms with Gasteiger partial charge in [-0.3, -0.25) is 4.79 Å². The molecule has 0 atom stereocenters. The van der Waals surface area contributed by atoms with E-state index in [-0.39, 0.29) is 11.9 Å². The van der Waals surface area contributed by atoms with Gasteiger partial charge in [0.2, 0.25) is 5.91 Å². The summed E-state index contributed by atoms with van der Waals surface area (Å²) in [7, 11) is 1.53. The van der Waals surface area contributed by atoms with Crippen molar-refractivity contribution >= 4 is 17.3 Å². The Bertz CT molecular complexity index is 1250. The van der Waals surface area contributed by atoms with Crippen LogP contribution in [0.4, 0.5) is 11.4 Å². The number of carbonyl (C=O) groups is 1. The minimum atomic E-state index is 0.248. The summed E-state index contributed by atoms with van der Waals surface area (Å²) in [5, 5.41) is 6.49. The standard InChI is InChI=1S/C32H38N4O4/c1-39-31-23-27(9-12-30(31)34-38)33-26-15-21-36(22-16-26)32(37)17-20-35-18-13-25(14-19-35)24-7-10-29(11-8-24)40-28-5-3-2-4-6-28/h2-12,23,25-26,33H,13-22H2,1H3. The zero-order chi connectivity index (χ0) is 27.7. The lowest BCUT2D eigenvalue weighted by atomic mass is 9.89. The van der Waals surface area contributed by atoms with Crippen molar-refractivity contribution in [2.75, 3.05) is 45.2 Å². The van der Waals surface area contributed by atoms with E-state index >= 15 is 0 Å². The Kier molecular flexibility index (Phi) is 9.29. The number of methoxy groups -OCH3 is 1. The van der Waals surface area contributed by atoms with Crippen molar-refractivity contribution in [3.63, 3.8) is 0 Å². The molecule has 0 unspecified atom stereocenters. The van der Waals surface area contributed by atoms with Gasteiger partial charge >= 0.3 is 0 Å². The van der Waals surface area contributed by atoms with E-state index < -0.39 is 0 Å². The molecule has 0 spiro atoms. The Hall–Kier alpha value is -3.91. The Labute approximate surface area is 236 Å². The first kappa shape index (κ1) is 27.6. The van der Waals surface area contributed by atoms with Crippen molar-refractivity contribution in [1.82, 2.24) is 9.80 Å². The van der Waals surface area contributed by atoms with E-state index in [0.717, 1.165) is 75.6 Å². The summed E-state index contributed by atoms with van der Waals surface area (Å²) >= 11 is 0. The second-order valence-electron chi connectivity index (χ2n) is 10.6. The number of hydrogen-bond donors (Lipinski definition) is 1. The summed E-state index contributed by atoms with van der Waals surface area (Å²) in [4.78, 5) is 28.2. The van der Waals surface area contributed by atoms with Crippen molar-refractivity contribution in [2.45, 2.75) is 44.1 Å². The van der Waals surface area contributed by atoms with Crippen molar-refractivity contribution in [3.8, 4) is 17.2 Å². The molecule has 3 aromatic rings. The summed E-state index contributed by atoms with van der Waals surface area (Å²) in [6, 6.07) is 23.9. The minimum absolute atomic E-state index is 0.248. The SMILES string of the molecule is COc1cc(NC2CCN(C(=O)CCN3CCC(c4ccc(Oc5ccccc5)cc4)CC3)CC2)ccc1N=O. The molecule has 0 saturated carbocycles. The van der Waals surface area contributed by atoms with Gasteiger partial charge in [0.25, 0.3) is 0 Å². The topological polar surface area (TPSA) is 83.5 Å². The number of hydrogen-bond acceptors (Lipinski definition) is 7. The molecule has 1 amide bonds. The Balaban J connectivity index is 1.01. The first-order valence-corrected chi connectivity index (χ1v) is 14.2. The zero-order valence-electron chi connectivity index (χ0n) is 23.1. The first-order chi connectivity index (χ1) is 19.6. The molecule has 2 aliphatic heterocycles. The van der Waals surface area contributed by atoms with Crippen LogP contribution in [-0.2, 0) is 4.79 Å². The summed E-state index contributed by atoms with van der Waals surface area (Å²) in [5.74, 6) is 2.97. The summed E-state index contributed by atoms with van der Waals surface area (Å²) in [6.45, 7) is 4.38. The highest BCUT2D eigenvalue weighted by Gasteiger charge is 2.25. The fourth-order valence-electron chi connectivity index (χ4n) is 5.69. The number of benzene rings is 3.